The molecule has 4 unspecified atom stereocenters. The Kier molecular flexibility index (Phi) is 15.9. The second-order valence-electron chi connectivity index (χ2n) is 8.42. The first kappa shape index (κ1) is 31.6. The van der Waals surface area contributed by atoms with Gasteiger partial charge in [-0.2, -0.15) is 11.8 Å². The number of thioether (sulfide) groups is 1. The van der Waals surface area contributed by atoms with Gasteiger partial charge in [0.1, 0.15) is 18.1 Å². The standard InChI is InChI=1S/C21H39N5O7S/c1-12(2)10-16(21(32)33)26-20(31)15(11-17(27)28)25-19(30)14(7-9-34-3)24-18(29)13(23)6-4-5-8-22/h12-16H,4-11,22-23H2,1-3H3,(H,24,29)(H,25,30)(H,26,31)(H,27,28)(H,32,33). The number of amides is 3. The maximum absolute atomic E-state index is 12.9. The first-order valence-electron chi connectivity index (χ1n) is 11.2. The quantitative estimate of drug-likeness (QED) is 0.116. The Bertz CT molecular complexity index is 692. The molecule has 13 heteroatoms. The summed E-state index contributed by atoms with van der Waals surface area (Å²) in [6.07, 6.45) is 3.15. The number of nitrogens with one attached hydrogen (secondary N) is 3. The van der Waals surface area contributed by atoms with Crippen LogP contribution < -0.4 is 27.4 Å². The Hall–Kier alpha value is -2.38. The molecule has 9 N–H and O–H groups in total. The highest BCUT2D eigenvalue weighted by atomic mass is 32.2. The zero-order chi connectivity index (χ0) is 26.3. The number of aliphatic carboxylic acids is 2. The lowest BCUT2D eigenvalue weighted by Gasteiger charge is -2.25. The molecule has 0 aliphatic heterocycles. The Morgan fingerprint density at radius 2 is 1.41 bits per heavy atom. The molecule has 0 aliphatic carbocycles. The van der Waals surface area contributed by atoms with E-state index >= 15 is 0 Å². The Morgan fingerprint density at radius 1 is 0.853 bits per heavy atom. The molecule has 0 radical (unpaired) electrons. The Balaban J connectivity index is 5.40. The summed E-state index contributed by atoms with van der Waals surface area (Å²) in [5.41, 5.74) is 11.3. The van der Waals surface area contributed by atoms with Crippen molar-refractivity contribution in [2.75, 3.05) is 18.6 Å². The molecule has 0 fully saturated rings. The van der Waals surface area contributed by atoms with Crippen molar-refractivity contribution in [3.05, 3.63) is 0 Å². The van der Waals surface area contributed by atoms with E-state index in [0.29, 0.717) is 31.6 Å². The lowest BCUT2D eigenvalue weighted by molar-refractivity contribution is -0.144. The van der Waals surface area contributed by atoms with E-state index in [0.717, 1.165) is 0 Å². The number of carboxylic acid groups (broad SMARTS) is 2. The number of carbonyl (C=O) groups is 5. The summed E-state index contributed by atoms with van der Waals surface area (Å²) in [5, 5.41) is 25.7. The monoisotopic (exact) mass is 505 g/mol. The van der Waals surface area contributed by atoms with Crippen LogP contribution in [0.15, 0.2) is 0 Å². The van der Waals surface area contributed by atoms with E-state index in [9.17, 15) is 34.2 Å². The van der Waals surface area contributed by atoms with Gasteiger partial charge in [-0.05, 0) is 50.2 Å². The van der Waals surface area contributed by atoms with Gasteiger partial charge in [-0.3, -0.25) is 19.2 Å². The molecule has 0 spiro atoms. The van der Waals surface area contributed by atoms with E-state index in [2.05, 4.69) is 16.0 Å². The van der Waals surface area contributed by atoms with Crippen LogP contribution in [0.5, 0.6) is 0 Å². The smallest absolute Gasteiger partial charge is 0.326 e. The molecule has 0 bridgehead atoms. The number of rotatable bonds is 18. The highest BCUT2D eigenvalue weighted by molar-refractivity contribution is 7.98. The molecule has 4 atom stereocenters. The minimum absolute atomic E-state index is 0.0471. The fourth-order valence-corrected chi connectivity index (χ4v) is 3.52. The lowest BCUT2D eigenvalue weighted by atomic mass is 10.0. The molecule has 0 rings (SSSR count). The van der Waals surface area contributed by atoms with Crippen LogP contribution in [0.3, 0.4) is 0 Å². The highest BCUT2D eigenvalue weighted by Crippen LogP contribution is 2.08. The van der Waals surface area contributed by atoms with Gasteiger partial charge >= 0.3 is 11.9 Å². The van der Waals surface area contributed by atoms with Gasteiger partial charge in [-0.1, -0.05) is 20.3 Å². The van der Waals surface area contributed by atoms with Crippen LogP contribution in [0, 0.1) is 5.92 Å². The fraction of sp³-hybridized carbons (Fsp3) is 0.762. The number of nitrogens with two attached hydrogens (primary N) is 2. The largest absolute Gasteiger partial charge is 0.481 e. The first-order chi connectivity index (χ1) is 15.9. The van der Waals surface area contributed by atoms with Gasteiger partial charge in [-0.25, -0.2) is 4.79 Å². The normalized spacial score (nSPS) is 14.5. The second-order valence-corrected chi connectivity index (χ2v) is 9.41. The fourth-order valence-electron chi connectivity index (χ4n) is 3.04. The maximum atomic E-state index is 12.9. The minimum atomic E-state index is -1.52. The van der Waals surface area contributed by atoms with Crippen molar-refractivity contribution in [1.82, 2.24) is 16.0 Å². The van der Waals surface area contributed by atoms with Crippen LogP contribution >= 0.6 is 11.8 Å². The molecular weight excluding hydrogens is 466 g/mol. The molecule has 0 aromatic carbocycles. The minimum Gasteiger partial charge on any atom is -0.481 e. The number of unbranched alkanes of at least 4 members (excludes halogenated alkanes) is 1. The molecule has 0 aromatic heterocycles. The van der Waals surface area contributed by atoms with Gasteiger partial charge in [0, 0.05) is 0 Å². The van der Waals surface area contributed by atoms with E-state index in [4.69, 9.17) is 11.5 Å². The summed E-state index contributed by atoms with van der Waals surface area (Å²) in [7, 11) is 0. The summed E-state index contributed by atoms with van der Waals surface area (Å²) < 4.78 is 0. The third kappa shape index (κ3) is 13.4. The molecule has 12 nitrogen and oxygen atoms in total. The second kappa shape index (κ2) is 17.1. The highest BCUT2D eigenvalue weighted by Gasteiger charge is 2.31. The van der Waals surface area contributed by atoms with Crippen molar-refractivity contribution in [3.8, 4) is 0 Å². The van der Waals surface area contributed by atoms with Gasteiger partial charge in [0.15, 0.2) is 0 Å². The van der Waals surface area contributed by atoms with Crippen molar-refractivity contribution < 1.29 is 34.2 Å². The predicted molar refractivity (Wildman–Crippen MR) is 129 cm³/mol. The molecule has 0 aliphatic rings. The molecule has 3 amide bonds. The van der Waals surface area contributed by atoms with Crippen LogP contribution in [-0.2, 0) is 24.0 Å². The zero-order valence-corrected chi connectivity index (χ0v) is 20.9. The van der Waals surface area contributed by atoms with Gasteiger partial charge < -0.3 is 37.6 Å². The van der Waals surface area contributed by atoms with Gasteiger partial charge in [0.25, 0.3) is 0 Å². The Labute approximate surface area is 204 Å². The van der Waals surface area contributed by atoms with E-state index in [-0.39, 0.29) is 18.8 Å². The van der Waals surface area contributed by atoms with Crippen molar-refractivity contribution in [1.29, 1.82) is 0 Å². The molecule has 196 valence electrons. The van der Waals surface area contributed by atoms with Crippen molar-refractivity contribution in [2.45, 2.75) is 76.5 Å². The lowest BCUT2D eigenvalue weighted by Crippen LogP contribution is -2.57. The number of carboxylic acids is 2. The summed E-state index contributed by atoms with van der Waals surface area (Å²) in [6, 6.07) is -4.65. The average molecular weight is 506 g/mol. The molecule has 0 saturated heterocycles. The van der Waals surface area contributed by atoms with Crippen LogP contribution in [-0.4, -0.2) is 82.6 Å². The van der Waals surface area contributed by atoms with Crippen LogP contribution in [0.25, 0.3) is 0 Å². The van der Waals surface area contributed by atoms with Crippen LogP contribution in [0.1, 0.15) is 52.4 Å². The SMILES string of the molecule is CSCCC(NC(=O)C(N)CCCCN)C(=O)NC(CC(=O)O)C(=O)NC(CC(C)C)C(=O)O. The van der Waals surface area contributed by atoms with Gasteiger partial charge in [0.2, 0.25) is 17.7 Å². The first-order valence-corrected chi connectivity index (χ1v) is 12.6. The summed E-state index contributed by atoms with van der Waals surface area (Å²) in [6.45, 7) is 4.02. The predicted octanol–water partition coefficient (Wildman–Crippen LogP) is -0.744. The zero-order valence-electron chi connectivity index (χ0n) is 20.0. The van der Waals surface area contributed by atoms with Gasteiger partial charge in [0.05, 0.1) is 12.5 Å². The molecule has 0 saturated carbocycles. The van der Waals surface area contributed by atoms with E-state index in [1.807, 2.05) is 6.26 Å². The number of carbonyl (C=O) groups excluding carboxylic acids is 3. The Morgan fingerprint density at radius 3 is 1.91 bits per heavy atom. The van der Waals surface area contributed by atoms with Crippen LogP contribution in [0.2, 0.25) is 0 Å². The summed E-state index contributed by atoms with van der Waals surface area (Å²) >= 11 is 1.44. The molecule has 0 heterocycles. The van der Waals surface area contributed by atoms with Crippen molar-refractivity contribution in [2.24, 2.45) is 17.4 Å². The average Bonchev–Trinajstić information content (AvgIpc) is 2.74. The third-order valence-corrected chi connectivity index (χ3v) is 5.53. The van der Waals surface area contributed by atoms with E-state index < -0.39 is 60.2 Å². The van der Waals surface area contributed by atoms with E-state index in [1.54, 1.807) is 13.8 Å². The molecular formula is C21H39N5O7S. The topological polar surface area (TPSA) is 214 Å². The van der Waals surface area contributed by atoms with Crippen molar-refractivity contribution >= 4 is 41.4 Å². The van der Waals surface area contributed by atoms with Crippen LogP contribution in [0.4, 0.5) is 0 Å². The molecule has 0 aromatic rings. The number of hydrogen-bond donors (Lipinski definition) is 7. The summed E-state index contributed by atoms with van der Waals surface area (Å²) in [4.78, 5) is 60.7. The maximum Gasteiger partial charge on any atom is 0.326 e. The third-order valence-electron chi connectivity index (χ3n) is 4.88. The van der Waals surface area contributed by atoms with Gasteiger partial charge in [-0.15, -0.1) is 0 Å². The van der Waals surface area contributed by atoms with E-state index in [1.165, 1.54) is 11.8 Å². The summed E-state index contributed by atoms with van der Waals surface area (Å²) in [5.74, 6) is -4.40. The molecule has 34 heavy (non-hydrogen) atoms. The van der Waals surface area contributed by atoms with Crippen molar-refractivity contribution in [3.63, 3.8) is 0 Å². The number of hydrogen-bond acceptors (Lipinski definition) is 8.